The van der Waals surface area contributed by atoms with Crippen LogP contribution in [0.4, 0.5) is 5.69 Å². The SMILES string of the molecule is O=C(Nc1cccnc1)C(=O)N[C@H](CO)Cc1ccccc1. The van der Waals surface area contributed by atoms with Crippen LogP contribution in [0.25, 0.3) is 0 Å². The fourth-order valence-corrected chi connectivity index (χ4v) is 1.94. The fraction of sp³-hybridized carbons (Fsp3) is 0.188. The Balaban J connectivity index is 1.90. The van der Waals surface area contributed by atoms with Gasteiger partial charge in [-0.25, -0.2) is 0 Å². The number of amides is 2. The van der Waals surface area contributed by atoms with Crippen molar-refractivity contribution in [2.75, 3.05) is 11.9 Å². The Kier molecular flexibility index (Phi) is 5.62. The lowest BCUT2D eigenvalue weighted by Crippen LogP contribution is -2.44. The standard InChI is InChI=1S/C16H17N3O3/c20-11-14(9-12-5-2-1-3-6-12)19-16(22)15(21)18-13-7-4-8-17-10-13/h1-8,10,14,20H,9,11H2,(H,18,21)(H,19,22)/t14-/m0/s1. The average molecular weight is 299 g/mol. The van der Waals surface area contributed by atoms with Gasteiger partial charge in [0.15, 0.2) is 0 Å². The molecule has 2 aromatic rings. The van der Waals surface area contributed by atoms with Crippen LogP contribution in [-0.4, -0.2) is 34.6 Å². The van der Waals surface area contributed by atoms with Gasteiger partial charge in [-0.1, -0.05) is 30.3 Å². The summed E-state index contributed by atoms with van der Waals surface area (Å²) in [5, 5.41) is 14.3. The highest BCUT2D eigenvalue weighted by Crippen LogP contribution is 2.04. The minimum absolute atomic E-state index is 0.249. The first-order valence-corrected chi connectivity index (χ1v) is 6.85. The number of rotatable bonds is 5. The smallest absolute Gasteiger partial charge is 0.313 e. The van der Waals surface area contributed by atoms with Crippen molar-refractivity contribution in [2.45, 2.75) is 12.5 Å². The molecule has 3 N–H and O–H groups in total. The molecule has 0 saturated carbocycles. The minimum Gasteiger partial charge on any atom is -0.394 e. The van der Waals surface area contributed by atoms with E-state index in [0.717, 1.165) is 5.56 Å². The Bertz CT molecular complexity index is 617. The minimum atomic E-state index is -0.793. The van der Waals surface area contributed by atoms with Gasteiger partial charge in [-0.3, -0.25) is 14.6 Å². The van der Waals surface area contributed by atoms with Crippen molar-refractivity contribution >= 4 is 17.5 Å². The van der Waals surface area contributed by atoms with Crippen molar-refractivity contribution < 1.29 is 14.7 Å². The zero-order valence-corrected chi connectivity index (χ0v) is 11.9. The van der Waals surface area contributed by atoms with Gasteiger partial charge in [-0.15, -0.1) is 0 Å². The van der Waals surface area contributed by atoms with Crippen molar-refractivity contribution in [3.05, 3.63) is 60.4 Å². The number of nitrogens with one attached hydrogen (secondary N) is 2. The van der Waals surface area contributed by atoms with Gasteiger partial charge in [0.25, 0.3) is 0 Å². The molecule has 0 aliphatic carbocycles. The van der Waals surface area contributed by atoms with E-state index < -0.39 is 17.9 Å². The number of aliphatic hydroxyl groups excluding tert-OH is 1. The molecule has 0 unspecified atom stereocenters. The molecule has 0 bridgehead atoms. The predicted octanol–water partition coefficient (Wildman–Crippen LogP) is 0.740. The lowest BCUT2D eigenvalue weighted by atomic mass is 10.1. The molecule has 0 aliphatic rings. The van der Waals surface area contributed by atoms with Gasteiger partial charge >= 0.3 is 11.8 Å². The predicted molar refractivity (Wildman–Crippen MR) is 82.0 cm³/mol. The molecule has 1 aromatic heterocycles. The van der Waals surface area contributed by atoms with Crippen LogP contribution in [0, 0.1) is 0 Å². The van der Waals surface area contributed by atoms with E-state index in [1.54, 1.807) is 18.3 Å². The maximum atomic E-state index is 11.9. The van der Waals surface area contributed by atoms with Gasteiger partial charge < -0.3 is 15.7 Å². The van der Waals surface area contributed by atoms with Gasteiger partial charge in [0, 0.05) is 6.20 Å². The first-order chi connectivity index (χ1) is 10.7. The highest BCUT2D eigenvalue weighted by Gasteiger charge is 2.18. The summed E-state index contributed by atoms with van der Waals surface area (Å²) in [6, 6.07) is 12.2. The molecule has 2 amide bonds. The summed E-state index contributed by atoms with van der Waals surface area (Å²) in [5.41, 5.74) is 1.40. The van der Waals surface area contributed by atoms with Crippen molar-refractivity contribution in [3.63, 3.8) is 0 Å². The van der Waals surface area contributed by atoms with E-state index in [9.17, 15) is 14.7 Å². The van der Waals surface area contributed by atoms with Crippen LogP contribution in [-0.2, 0) is 16.0 Å². The maximum Gasteiger partial charge on any atom is 0.313 e. The summed E-state index contributed by atoms with van der Waals surface area (Å²) in [6.45, 7) is -0.249. The second-order valence-corrected chi connectivity index (χ2v) is 4.74. The first kappa shape index (κ1) is 15.7. The molecule has 22 heavy (non-hydrogen) atoms. The van der Waals surface area contributed by atoms with E-state index >= 15 is 0 Å². The third-order valence-electron chi connectivity index (χ3n) is 3.01. The number of aliphatic hydroxyl groups is 1. The second-order valence-electron chi connectivity index (χ2n) is 4.74. The molecule has 1 heterocycles. The van der Waals surface area contributed by atoms with Gasteiger partial charge in [-0.2, -0.15) is 0 Å². The number of aromatic nitrogens is 1. The largest absolute Gasteiger partial charge is 0.394 e. The Morgan fingerprint density at radius 2 is 1.86 bits per heavy atom. The Morgan fingerprint density at radius 3 is 2.50 bits per heavy atom. The quantitative estimate of drug-likeness (QED) is 0.710. The van der Waals surface area contributed by atoms with Crippen molar-refractivity contribution in [3.8, 4) is 0 Å². The first-order valence-electron chi connectivity index (χ1n) is 6.85. The van der Waals surface area contributed by atoms with Crippen LogP contribution in [0.5, 0.6) is 0 Å². The Morgan fingerprint density at radius 1 is 1.09 bits per heavy atom. The molecule has 6 nitrogen and oxygen atoms in total. The molecule has 0 spiro atoms. The third kappa shape index (κ3) is 4.68. The maximum absolute atomic E-state index is 11.9. The Hall–Kier alpha value is -2.73. The van der Waals surface area contributed by atoms with Gasteiger partial charge in [0.05, 0.1) is 24.5 Å². The highest BCUT2D eigenvalue weighted by atomic mass is 16.3. The van der Waals surface area contributed by atoms with E-state index in [4.69, 9.17) is 0 Å². The molecule has 6 heteroatoms. The molecule has 0 radical (unpaired) electrons. The molecule has 1 atom stereocenters. The molecule has 0 fully saturated rings. The lowest BCUT2D eigenvalue weighted by molar-refractivity contribution is -0.136. The number of hydrogen-bond donors (Lipinski definition) is 3. The summed E-state index contributed by atoms with van der Waals surface area (Å²) in [4.78, 5) is 27.5. The summed E-state index contributed by atoms with van der Waals surface area (Å²) in [5.74, 6) is -1.58. The van der Waals surface area contributed by atoms with Gasteiger partial charge in [0.2, 0.25) is 0 Å². The van der Waals surface area contributed by atoms with E-state index in [-0.39, 0.29) is 6.61 Å². The Labute approximate surface area is 128 Å². The monoisotopic (exact) mass is 299 g/mol. The zero-order chi connectivity index (χ0) is 15.8. The number of carbonyl (C=O) groups is 2. The van der Waals surface area contributed by atoms with Crippen LogP contribution < -0.4 is 10.6 Å². The van der Waals surface area contributed by atoms with Crippen LogP contribution in [0.3, 0.4) is 0 Å². The van der Waals surface area contributed by atoms with Gasteiger partial charge in [-0.05, 0) is 24.1 Å². The van der Waals surface area contributed by atoms with E-state index in [0.29, 0.717) is 12.1 Å². The molecule has 0 saturated heterocycles. The number of benzene rings is 1. The van der Waals surface area contributed by atoms with E-state index in [1.807, 2.05) is 30.3 Å². The topological polar surface area (TPSA) is 91.3 Å². The fourth-order valence-electron chi connectivity index (χ4n) is 1.94. The van der Waals surface area contributed by atoms with Crippen LogP contribution in [0.15, 0.2) is 54.9 Å². The third-order valence-corrected chi connectivity index (χ3v) is 3.01. The van der Waals surface area contributed by atoms with Crippen molar-refractivity contribution in [1.82, 2.24) is 10.3 Å². The second kappa shape index (κ2) is 7.90. The summed E-state index contributed by atoms with van der Waals surface area (Å²) in [7, 11) is 0. The highest BCUT2D eigenvalue weighted by molar-refractivity contribution is 6.39. The summed E-state index contributed by atoms with van der Waals surface area (Å²) < 4.78 is 0. The molecule has 0 aliphatic heterocycles. The molecular formula is C16H17N3O3. The number of carbonyl (C=O) groups excluding carboxylic acids is 2. The van der Waals surface area contributed by atoms with Crippen LogP contribution >= 0.6 is 0 Å². The lowest BCUT2D eigenvalue weighted by Gasteiger charge is -2.16. The normalized spacial score (nSPS) is 11.5. The molecule has 1 aromatic carbocycles. The zero-order valence-electron chi connectivity index (χ0n) is 11.9. The number of hydrogen-bond acceptors (Lipinski definition) is 4. The van der Waals surface area contributed by atoms with Crippen LogP contribution in [0.1, 0.15) is 5.56 Å². The molecule has 114 valence electrons. The average Bonchev–Trinajstić information content (AvgIpc) is 2.56. The van der Waals surface area contributed by atoms with Crippen molar-refractivity contribution in [2.24, 2.45) is 0 Å². The number of anilines is 1. The van der Waals surface area contributed by atoms with Gasteiger partial charge in [0.1, 0.15) is 0 Å². The number of nitrogens with zero attached hydrogens (tertiary/aromatic N) is 1. The summed E-state index contributed by atoms with van der Waals surface area (Å²) >= 11 is 0. The van der Waals surface area contributed by atoms with Crippen LogP contribution in [0.2, 0.25) is 0 Å². The van der Waals surface area contributed by atoms with Crippen molar-refractivity contribution in [1.29, 1.82) is 0 Å². The molecular weight excluding hydrogens is 282 g/mol. The summed E-state index contributed by atoms with van der Waals surface area (Å²) in [6.07, 6.45) is 3.46. The van der Waals surface area contributed by atoms with E-state index in [2.05, 4.69) is 15.6 Å². The van der Waals surface area contributed by atoms with E-state index in [1.165, 1.54) is 6.20 Å². The molecule has 2 rings (SSSR count). The number of pyridine rings is 1.